The molecule has 1 aliphatic rings. The highest BCUT2D eigenvalue weighted by molar-refractivity contribution is 9.11. The van der Waals surface area contributed by atoms with Crippen LogP contribution in [-0.2, 0) is 0 Å². The zero-order chi connectivity index (χ0) is 11.0. The maximum absolute atomic E-state index is 9.91. The van der Waals surface area contributed by atoms with E-state index in [1.807, 2.05) is 12.1 Å². The first-order valence-corrected chi connectivity index (χ1v) is 6.61. The Balaban J connectivity index is 0.00000128. The van der Waals surface area contributed by atoms with Crippen molar-refractivity contribution in [3.63, 3.8) is 0 Å². The van der Waals surface area contributed by atoms with Crippen molar-refractivity contribution in [2.45, 2.75) is 25.3 Å². The molecule has 16 heavy (non-hydrogen) atoms. The second-order valence-corrected chi connectivity index (χ2v) is 5.81. The standard InChI is InChI=1S/C11H13Br2NO.ClH/c12-7-4-8(11(15)9(13)5-7)10(14)6-2-1-3-6;/h4-6,10,15H,1-3,14H2;1H/t10-;/m0./s1. The molecule has 1 saturated carbocycles. The first-order chi connectivity index (χ1) is 7.09. The average molecular weight is 372 g/mol. The number of phenols is 1. The highest BCUT2D eigenvalue weighted by Gasteiger charge is 2.27. The van der Waals surface area contributed by atoms with Crippen LogP contribution in [0, 0.1) is 5.92 Å². The molecule has 0 spiro atoms. The van der Waals surface area contributed by atoms with Gasteiger partial charge in [-0.1, -0.05) is 22.4 Å². The summed E-state index contributed by atoms with van der Waals surface area (Å²) < 4.78 is 1.64. The van der Waals surface area contributed by atoms with Gasteiger partial charge >= 0.3 is 0 Å². The molecule has 1 aliphatic carbocycles. The lowest BCUT2D eigenvalue weighted by Gasteiger charge is -2.32. The summed E-state index contributed by atoms with van der Waals surface area (Å²) in [6.45, 7) is 0. The van der Waals surface area contributed by atoms with Crippen molar-refractivity contribution < 1.29 is 5.11 Å². The zero-order valence-electron chi connectivity index (χ0n) is 8.62. The number of hydrogen-bond acceptors (Lipinski definition) is 2. The molecule has 0 radical (unpaired) electrons. The Hall–Kier alpha value is 0.230. The smallest absolute Gasteiger partial charge is 0.134 e. The predicted molar refractivity (Wildman–Crippen MR) is 75.0 cm³/mol. The fourth-order valence-corrected chi connectivity index (χ4v) is 3.15. The van der Waals surface area contributed by atoms with Gasteiger partial charge in [0.1, 0.15) is 5.75 Å². The Morgan fingerprint density at radius 2 is 1.94 bits per heavy atom. The van der Waals surface area contributed by atoms with Crippen molar-refractivity contribution in [1.29, 1.82) is 0 Å². The van der Waals surface area contributed by atoms with Crippen LogP contribution in [0.5, 0.6) is 5.75 Å². The molecule has 0 aromatic heterocycles. The minimum atomic E-state index is -0.0486. The molecule has 0 bridgehead atoms. The highest BCUT2D eigenvalue weighted by Crippen LogP contribution is 2.42. The van der Waals surface area contributed by atoms with Gasteiger partial charge in [0.25, 0.3) is 0 Å². The summed E-state index contributed by atoms with van der Waals surface area (Å²) in [6.07, 6.45) is 3.60. The van der Waals surface area contributed by atoms with Gasteiger partial charge in [-0.15, -0.1) is 12.4 Å². The van der Waals surface area contributed by atoms with Gasteiger partial charge < -0.3 is 10.8 Å². The quantitative estimate of drug-likeness (QED) is 0.821. The van der Waals surface area contributed by atoms with E-state index in [1.165, 1.54) is 19.3 Å². The lowest BCUT2D eigenvalue weighted by Crippen LogP contribution is -2.26. The molecule has 1 atom stereocenters. The van der Waals surface area contributed by atoms with Gasteiger partial charge in [0, 0.05) is 16.1 Å². The summed E-state index contributed by atoms with van der Waals surface area (Å²) in [5, 5.41) is 9.91. The van der Waals surface area contributed by atoms with Gasteiger partial charge in [0.05, 0.1) is 4.47 Å². The largest absolute Gasteiger partial charge is 0.506 e. The zero-order valence-corrected chi connectivity index (χ0v) is 12.6. The normalized spacial score (nSPS) is 17.4. The van der Waals surface area contributed by atoms with E-state index in [-0.39, 0.29) is 24.2 Å². The van der Waals surface area contributed by atoms with E-state index in [0.717, 1.165) is 10.0 Å². The van der Waals surface area contributed by atoms with E-state index >= 15 is 0 Å². The van der Waals surface area contributed by atoms with Crippen LogP contribution in [0.1, 0.15) is 30.9 Å². The van der Waals surface area contributed by atoms with Crippen molar-refractivity contribution in [2.75, 3.05) is 0 Å². The Bertz CT molecular complexity index is 382. The number of aromatic hydroxyl groups is 1. The summed E-state index contributed by atoms with van der Waals surface area (Å²) in [4.78, 5) is 0. The lowest BCUT2D eigenvalue weighted by atomic mass is 9.77. The van der Waals surface area contributed by atoms with Crippen LogP contribution in [0.25, 0.3) is 0 Å². The van der Waals surface area contributed by atoms with Gasteiger partial charge in [0.15, 0.2) is 0 Å². The van der Waals surface area contributed by atoms with E-state index in [0.29, 0.717) is 10.4 Å². The fourth-order valence-electron chi connectivity index (χ4n) is 1.89. The number of halogens is 3. The van der Waals surface area contributed by atoms with Gasteiger partial charge in [-0.2, -0.15) is 0 Å². The van der Waals surface area contributed by atoms with Crippen molar-refractivity contribution in [1.82, 2.24) is 0 Å². The molecular formula is C11H14Br2ClNO. The van der Waals surface area contributed by atoms with Crippen LogP contribution in [0.2, 0.25) is 0 Å². The second-order valence-electron chi connectivity index (χ2n) is 4.04. The topological polar surface area (TPSA) is 46.2 Å². The molecule has 90 valence electrons. The van der Waals surface area contributed by atoms with Crippen LogP contribution < -0.4 is 5.73 Å². The molecule has 1 aromatic rings. The third kappa shape index (κ3) is 2.73. The lowest BCUT2D eigenvalue weighted by molar-refractivity contribution is 0.260. The Labute approximate surface area is 118 Å². The number of rotatable bonds is 2. The van der Waals surface area contributed by atoms with Crippen molar-refractivity contribution in [3.8, 4) is 5.75 Å². The minimum Gasteiger partial charge on any atom is -0.506 e. The number of hydrogen-bond donors (Lipinski definition) is 2. The van der Waals surface area contributed by atoms with Crippen LogP contribution in [-0.4, -0.2) is 5.11 Å². The van der Waals surface area contributed by atoms with Gasteiger partial charge in [-0.05, 0) is 46.8 Å². The molecule has 1 fully saturated rings. The predicted octanol–water partition coefficient (Wildman–Crippen LogP) is 4.14. The van der Waals surface area contributed by atoms with Gasteiger partial charge in [-0.3, -0.25) is 0 Å². The molecule has 0 heterocycles. The molecule has 5 heteroatoms. The Kier molecular flexibility index (Phi) is 5.10. The molecule has 2 rings (SSSR count). The molecular weight excluding hydrogens is 357 g/mol. The summed E-state index contributed by atoms with van der Waals surface area (Å²) in [7, 11) is 0. The van der Waals surface area contributed by atoms with E-state index in [9.17, 15) is 5.11 Å². The van der Waals surface area contributed by atoms with Crippen LogP contribution in [0.15, 0.2) is 21.1 Å². The van der Waals surface area contributed by atoms with Gasteiger partial charge in [0.2, 0.25) is 0 Å². The second kappa shape index (κ2) is 5.71. The summed E-state index contributed by atoms with van der Waals surface area (Å²) in [5.74, 6) is 0.801. The summed E-state index contributed by atoms with van der Waals surface area (Å²) in [5.41, 5.74) is 6.97. The Morgan fingerprint density at radius 1 is 1.31 bits per heavy atom. The third-order valence-electron chi connectivity index (χ3n) is 3.07. The van der Waals surface area contributed by atoms with Crippen LogP contribution in [0.3, 0.4) is 0 Å². The molecule has 1 aromatic carbocycles. The molecule has 0 saturated heterocycles. The van der Waals surface area contributed by atoms with Crippen molar-refractivity contribution in [2.24, 2.45) is 11.7 Å². The maximum Gasteiger partial charge on any atom is 0.134 e. The van der Waals surface area contributed by atoms with Crippen molar-refractivity contribution in [3.05, 3.63) is 26.6 Å². The van der Waals surface area contributed by atoms with E-state index in [4.69, 9.17) is 5.73 Å². The minimum absolute atomic E-state index is 0. The number of phenolic OH excluding ortho intramolecular Hbond substituents is 1. The average Bonchev–Trinajstić information content (AvgIpc) is 2.08. The summed E-state index contributed by atoms with van der Waals surface area (Å²) in [6, 6.07) is 3.68. The molecule has 0 amide bonds. The first kappa shape index (κ1) is 14.3. The Morgan fingerprint density at radius 3 is 2.44 bits per heavy atom. The van der Waals surface area contributed by atoms with Gasteiger partial charge in [-0.25, -0.2) is 0 Å². The third-order valence-corrected chi connectivity index (χ3v) is 4.14. The highest BCUT2D eigenvalue weighted by atomic mass is 79.9. The first-order valence-electron chi connectivity index (χ1n) is 5.03. The number of nitrogens with two attached hydrogens (primary N) is 1. The maximum atomic E-state index is 9.91. The molecule has 3 N–H and O–H groups in total. The van der Waals surface area contributed by atoms with Crippen LogP contribution in [0.4, 0.5) is 0 Å². The van der Waals surface area contributed by atoms with E-state index < -0.39 is 0 Å². The van der Waals surface area contributed by atoms with E-state index in [2.05, 4.69) is 31.9 Å². The van der Waals surface area contributed by atoms with E-state index in [1.54, 1.807) is 0 Å². The summed E-state index contributed by atoms with van der Waals surface area (Å²) >= 11 is 6.73. The SMILES string of the molecule is Cl.N[C@H](c1cc(Br)cc(Br)c1O)C1CCC1. The monoisotopic (exact) mass is 369 g/mol. The molecule has 2 nitrogen and oxygen atoms in total. The van der Waals surface area contributed by atoms with Crippen molar-refractivity contribution >= 4 is 44.3 Å². The molecule has 0 aliphatic heterocycles. The van der Waals surface area contributed by atoms with Crippen LogP contribution >= 0.6 is 44.3 Å². The fraction of sp³-hybridized carbons (Fsp3) is 0.455. The number of benzene rings is 1. The molecule has 0 unspecified atom stereocenters.